The first kappa shape index (κ1) is 22.0. The SMILES string of the molecule is CCNC(=NCCc1ccc(C)cc1)NC1CCN(c2cccs2)CC1.I. The maximum atomic E-state index is 4.78. The van der Waals surface area contributed by atoms with Crippen LogP contribution in [0.15, 0.2) is 46.8 Å². The Labute approximate surface area is 184 Å². The topological polar surface area (TPSA) is 39.7 Å². The standard InChI is InChI=1S/C21H30N4S.HI/c1-3-22-21(23-13-10-18-8-6-17(2)7-9-18)24-19-11-14-25(15-12-19)20-5-4-16-26-20;/h4-9,16,19H,3,10-15H2,1-2H3,(H2,22,23,24);1H. The van der Waals surface area contributed by atoms with Crippen molar-refractivity contribution in [3.63, 3.8) is 0 Å². The molecule has 1 aliphatic heterocycles. The van der Waals surface area contributed by atoms with Gasteiger partial charge in [0.2, 0.25) is 0 Å². The lowest BCUT2D eigenvalue weighted by Gasteiger charge is -2.33. The Kier molecular flexibility index (Phi) is 9.41. The van der Waals surface area contributed by atoms with E-state index < -0.39 is 0 Å². The van der Waals surface area contributed by atoms with Gasteiger partial charge in [0.05, 0.1) is 5.00 Å². The zero-order chi connectivity index (χ0) is 18.2. The van der Waals surface area contributed by atoms with Crippen LogP contribution in [-0.2, 0) is 6.42 Å². The van der Waals surface area contributed by atoms with Crippen molar-refractivity contribution in [1.29, 1.82) is 0 Å². The molecule has 2 aromatic rings. The zero-order valence-electron chi connectivity index (χ0n) is 16.3. The summed E-state index contributed by atoms with van der Waals surface area (Å²) >= 11 is 1.83. The number of nitrogens with one attached hydrogen (secondary N) is 2. The maximum Gasteiger partial charge on any atom is 0.191 e. The van der Waals surface area contributed by atoms with Gasteiger partial charge < -0.3 is 15.5 Å². The number of nitrogens with zero attached hydrogens (tertiary/aromatic N) is 2. The van der Waals surface area contributed by atoms with Gasteiger partial charge in [-0.05, 0) is 56.2 Å². The molecule has 0 radical (unpaired) electrons. The third-order valence-corrected chi connectivity index (χ3v) is 5.72. The summed E-state index contributed by atoms with van der Waals surface area (Å²) in [4.78, 5) is 7.27. The first-order chi connectivity index (χ1) is 12.7. The molecule has 1 aliphatic rings. The third-order valence-electron chi connectivity index (χ3n) is 4.79. The predicted octanol–water partition coefficient (Wildman–Crippen LogP) is 4.44. The van der Waals surface area contributed by atoms with Crippen molar-refractivity contribution in [2.75, 3.05) is 31.1 Å². The molecule has 0 bridgehead atoms. The van der Waals surface area contributed by atoms with E-state index in [1.165, 1.54) is 16.1 Å². The lowest BCUT2D eigenvalue weighted by molar-refractivity contribution is 0.463. The van der Waals surface area contributed by atoms with Gasteiger partial charge in [-0.15, -0.1) is 35.3 Å². The minimum absolute atomic E-state index is 0. The lowest BCUT2D eigenvalue weighted by atomic mass is 10.1. The van der Waals surface area contributed by atoms with Gasteiger partial charge in [0.25, 0.3) is 0 Å². The molecule has 1 saturated heterocycles. The summed E-state index contributed by atoms with van der Waals surface area (Å²) in [6.07, 6.45) is 3.29. The summed E-state index contributed by atoms with van der Waals surface area (Å²) in [5.74, 6) is 0.953. The Bertz CT molecular complexity index is 677. The fourth-order valence-corrected chi connectivity index (χ4v) is 4.04. The van der Waals surface area contributed by atoms with Crippen LogP contribution in [0.25, 0.3) is 0 Å². The van der Waals surface area contributed by atoms with Crippen molar-refractivity contribution in [3.05, 3.63) is 52.9 Å². The summed E-state index contributed by atoms with van der Waals surface area (Å²) in [5.41, 5.74) is 2.65. The number of anilines is 1. The van der Waals surface area contributed by atoms with Crippen molar-refractivity contribution in [3.8, 4) is 0 Å². The van der Waals surface area contributed by atoms with Crippen molar-refractivity contribution in [2.24, 2.45) is 4.99 Å². The van der Waals surface area contributed by atoms with E-state index in [1.807, 2.05) is 11.3 Å². The molecule has 3 rings (SSSR count). The highest BCUT2D eigenvalue weighted by molar-refractivity contribution is 14.0. The molecule has 0 atom stereocenters. The number of benzene rings is 1. The van der Waals surface area contributed by atoms with Crippen molar-refractivity contribution < 1.29 is 0 Å². The largest absolute Gasteiger partial charge is 0.363 e. The molecule has 6 heteroatoms. The number of piperidine rings is 1. The molecule has 0 aliphatic carbocycles. The van der Waals surface area contributed by atoms with Crippen LogP contribution in [0.2, 0.25) is 0 Å². The van der Waals surface area contributed by atoms with Gasteiger partial charge in [-0.2, -0.15) is 0 Å². The van der Waals surface area contributed by atoms with Crippen LogP contribution in [0.5, 0.6) is 0 Å². The number of hydrogen-bond acceptors (Lipinski definition) is 3. The van der Waals surface area contributed by atoms with E-state index >= 15 is 0 Å². The molecule has 1 fully saturated rings. The zero-order valence-corrected chi connectivity index (χ0v) is 19.4. The monoisotopic (exact) mass is 498 g/mol. The van der Waals surface area contributed by atoms with Crippen LogP contribution in [0, 0.1) is 6.92 Å². The highest BCUT2D eigenvalue weighted by Gasteiger charge is 2.20. The number of rotatable bonds is 6. The molecule has 0 saturated carbocycles. The summed E-state index contributed by atoms with van der Waals surface area (Å²) in [5, 5.41) is 10.6. The van der Waals surface area contributed by atoms with Gasteiger partial charge in [-0.3, -0.25) is 4.99 Å². The molecule has 4 nitrogen and oxygen atoms in total. The second kappa shape index (κ2) is 11.5. The smallest absolute Gasteiger partial charge is 0.191 e. The average molecular weight is 498 g/mol. The summed E-state index contributed by atoms with van der Waals surface area (Å²) in [6.45, 7) is 8.17. The molecule has 0 amide bonds. The molecule has 27 heavy (non-hydrogen) atoms. The van der Waals surface area contributed by atoms with Gasteiger partial charge in [0, 0.05) is 32.2 Å². The normalized spacial score (nSPS) is 15.3. The van der Waals surface area contributed by atoms with Gasteiger partial charge >= 0.3 is 0 Å². The Morgan fingerprint density at radius 3 is 2.56 bits per heavy atom. The van der Waals surface area contributed by atoms with E-state index in [2.05, 4.69) is 71.2 Å². The van der Waals surface area contributed by atoms with E-state index in [-0.39, 0.29) is 24.0 Å². The minimum atomic E-state index is 0. The Balaban J connectivity index is 0.00000261. The second-order valence-corrected chi connectivity index (χ2v) is 7.78. The van der Waals surface area contributed by atoms with Gasteiger partial charge in [0.1, 0.15) is 0 Å². The Morgan fingerprint density at radius 1 is 1.19 bits per heavy atom. The van der Waals surface area contributed by atoms with Gasteiger partial charge in [0.15, 0.2) is 5.96 Å². The van der Waals surface area contributed by atoms with Crippen molar-refractivity contribution >= 4 is 46.3 Å². The predicted molar refractivity (Wildman–Crippen MR) is 129 cm³/mol. The molecule has 0 spiro atoms. The fourth-order valence-electron chi connectivity index (χ4n) is 3.26. The molecule has 2 heterocycles. The van der Waals surface area contributed by atoms with E-state index in [9.17, 15) is 0 Å². The van der Waals surface area contributed by atoms with E-state index in [0.29, 0.717) is 6.04 Å². The lowest BCUT2D eigenvalue weighted by Crippen LogP contribution is -2.48. The molecule has 2 N–H and O–H groups in total. The summed E-state index contributed by atoms with van der Waals surface area (Å²) < 4.78 is 0. The highest BCUT2D eigenvalue weighted by Crippen LogP contribution is 2.24. The molecule has 1 aromatic carbocycles. The Morgan fingerprint density at radius 2 is 1.93 bits per heavy atom. The number of halogens is 1. The van der Waals surface area contributed by atoms with Crippen LogP contribution in [0.3, 0.4) is 0 Å². The summed E-state index contributed by atoms with van der Waals surface area (Å²) in [7, 11) is 0. The van der Waals surface area contributed by atoms with Gasteiger partial charge in [-0.1, -0.05) is 29.8 Å². The number of aliphatic imine (C=N–C) groups is 1. The quantitative estimate of drug-likeness (QED) is 0.352. The molecular weight excluding hydrogens is 467 g/mol. The molecule has 0 unspecified atom stereocenters. The first-order valence-electron chi connectivity index (χ1n) is 9.63. The van der Waals surface area contributed by atoms with Gasteiger partial charge in [-0.25, -0.2) is 0 Å². The fraction of sp³-hybridized carbons (Fsp3) is 0.476. The van der Waals surface area contributed by atoms with E-state index in [4.69, 9.17) is 4.99 Å². The molecule has 1 aromatic heterocycles. The van der Waals surface area contributed by atoms with E-state index in [1.54, 1.807) is 0 Å². The maximum absolute atomic E-state index is 4.78. The number of hydrogen-bond donors (Lipinski definition) is 2. The average Bonchev–Trinajstić information content (AvgIpc) is 3.19. The number of aryl methyl sites for hydroxylation is 1. The van der Waals surface area contributed by atoms with Crippen molar-refractivity contribution in [1.82, 2.24) is 10.6 Å². The summed E-state index contributed by atoms with van der Waals surface area (Å²) in [6, 6.07) is 13.6. The van der Waals surface area contributed by atoms with Crippen LogP contribution < -0.4 is 15.5 Å². The second-order valence-electron chi connectivity index (χ2n) is 6.85. The molecular formula is C21H31IN4S. The van der Waals surface area contributed by atoms with Crippen LogP contribution in [0.4, 0.5) is 5.00 Å². The molecule has 148 valence electrons. The minimum Gasteiger partial charge on any atom is -0.363 e. The Hall–Kier alpha value is -1.28. The highest BCUT2D eigenvalue weighted by atomic mass is 127. The van der Waals surface area contributed by atoms with Crippen LogP contribution in [-0.4, -0.2) is 38.2 Å². The van der Waals surface area contributed by atoms with Crippen LogP contribution in [0.1, 0.15) is 30.9 Å². The number of guanidine groups is 1. The van der Waals surface area contributed by atoms with E-state index in [0.717, 1.165) is 51.4 Å². The van der Waals surface area contributed by atoms with Crippen molar-refractivity contribution in [2.45, 2.75) is 39.2 Å². The first-order valence-corrected chi connectivity index (χ1v) is 10.5. The third kappa shape index (κ3) is 6.99. The number of thiophene rings is 1. The van der Waals surface area contributed by atoms with Crippen LogP contribution >= 0.6 is 35.3 Å².